The number of morpholine rings is 1. The molecule has 24 heavy (non-hydrogen) atoms. The molecule has 0 unspecified atom stereocenters. The van der Waals surface area contributed by atoms with Crippen LogP contribution in [0.15, 0.2) is 4.99 Å². The zero-order chi connectivity index (χ0) is 17.3. The van der Waals surface area contributed by atoms with Gasteiger partial charge in [-0.1, -0.05) is 0 Å². The summed E-state index contributed by atoms with van der Waals surface area (Å²) in [5, 5.41) is 6.46. The zero-order valence-electron chi connectivity index (χ0n) is 15.7. The molecule has 1 amide bonds. The van der Waals surface area contributed by atoms with Crippen molar-refractivity contribution in [3.63, 3.8) is 0 Å². The Kier molecular flexibility index (Phi) is 11.6. The van der Waals surface area contributed by atoms with E-state index in [9.17, 15) is 4.79 Å². The number of rotatable bonds is 7. The SMILES string of the molecule is CCNC(=NCC(C)(C)N1CCOCC1)NCCC(=O)N(C)C.I. The zero-order valence-corrected chi connectivity index (χ0v) is 18.1. The van der Waals surface area contributed by atoms with Crippen LogP contribution in [0.4, 0.5) is 0 Å². The van der Waals surface area contributed by atoms with Crippen molar-refractivity contribution in [2.45, 2.75) is 32.7 Å². The molecule has 0 saturated carbocycles. The molecular formula is C16H34IN5O2. The summed E-state index contributed by atoms with van der Waals surface area (Å²) in [6.07, 6.45) is 0.463. The number of aliphatic imine (C=N–C) groups is 1. The number of guanidine groups is 1. The van der Waals surface area contributed by atoms with Gasteiger partial charge in [0.25, 0.3) is 0 Å². The Bertz CT molecular complexity index is 396. The topological polar surface area (TPSA) is 69.2 Å². The maximum atomic E-state index is 11.6. The number of ether oxygens (including phenoxy) is 1. The van der Waals surface area contributed by atoms with E-state index in [0.717, 1.165) is 38.8 Å². The summed E-state index contributed by atoms with van der Waals surface area (Å²) in [4.78, 5) is 20.3. The highest BCUT2D eigenvalue weighted by Crippen LogP contribution is 2.16. The second-order valence-electron chi connectivity index (χ2n) is 6.57. The largest absolute Gasteiger partial charge is 0.379 e. The van der Waals surface area contributed by atoms with E-state index in [2.05, 4.69) is 34.4 Å². The van der Waals surface area contributed by atoms with Crippen molar-refractivity contribution in [2.75, 3.05) is 60.0 Å². The van der Waals surface area contributed by atoms with Crippen LogP contribution in [-0.2, 0) is 9.53 Å². The van der Waals surface area contributed by atoms with E-state index >= 15 is 0 Å². The highest BCUT2D eigenvalue weighted by molar-refractivity contribution is 14.0. The number of amides is 1. The first kappa shape index (κ1) is 23.4. The van der Waals surface area contributed by atoms with Gasteiger partial charge in [0.15, 0.2) is 5.96 Å². The lowest BCUT2D eigenvalue weighted by atomic mass is 10.0. The normalized spacial score (nSPS) is 16.3. The molecule has 1 aliphatic heterocycles. The molecule has 0 aromatic heterocycles. The van der Waals surface area contributed by atoms with E-state index in [-0.39, 0.29) is 35.4 Å². The minimum Gasteiger partial charge on any atom is -0.379 e. The number of nitrogens with one attached hydrogen (secondary N) is 2. The Labute approximate surface area is 163 Å². The first-order valence-electron chi connectivity index (χ1n) is 8.42. The Hall–Kier alpha value is -0.610. The van der Waals surface area contributed by atoms with Crippen LogP contribution in [0.1, 0.15) is 27.2 Å². The average Bonchev–Trinajstić information content (AvgIpc) is 2.53. The van der Waals surface area contributed by atoms with Gasteiger partial charge in [0.05, 0.1) is 19.8 Å². The molecule has 1 aliphatic rings. The van der Waals surface area contributed by atoms with Crippen molar-refractivity contribution in [2.24, 2.45) is 4.99 Å². The van der Waals surface area contributed by atoms with E-state index in [1.807, 2.05) is 6.92 Å². The molecule has 0 aromatic carbocycles. The summed E-state index contributed by atoms with van der Waals surface area (Å²) < 4.78 is 5.42. The molecule has 1 saturated heterocycles. The van der Waals surface area contributed by atoms with Crippen LogP contribution in [0.2, 0.25) is 0 Å². The Balaban J connectivity index is 0.00000529. The lowest BCUT2D eigenvalue weighted by molar-refractivity contribution is -0.128. The molecule has 0 bridgehead atoms. The number of hydrogen-bond donors (Lipinski definition) is 2. The number of carbonyl (C=O) groups excluding carboxylic acids is 1. The molecule has 0 aromatic rings. The Morgan fingerprint density at radius 1 is 1.25 bits per heavy atom. The summed E-state index contributed by atoms with van der Waals surface area (Å²) in [5.41, 5.74) is -0.00835. The molecule has 0 radical (unpaired) electrons. The third-order valence-electron chi connectivity index (χ3n) is 3.97. The minimum atomic E-state index is -0.00835. The van der Waals surface area contributed by atoms with Crippen LogP contribution in [-0.4, -0.2) is 87.2 Å². The molecule has 0 atom stereocenters. The van der Waals surface area contributed by atoms with E-state index in [1.54, 1.807) is 19.0 Å². The van der Waals surface area contributed by atoms with Crippen molar-refractivity contribution < 1.29 is 9.53 Å². The van der Waals surface area contributed by atoms with Crippen molar-refractivity contribution in [1.82, 2.24) is 20.4 Å². The predicted molar refractivity (Wildman–Crippen MR) is 109 cm³/mol. The van der Waals surface area contributed by atoms with Crippen LogP contribution < -0.4 is 10.6 Å². The molecule has 1 rings (SSSR count). The predicted octanol–water partition coefficient (Wildman–Crippen LogP) is 0.749. The molecular weight excluding hydrogens is 421 g/mol. The van der Waals surface area contributed by atoms with E-state index in [4.69, 9.17) is 4.74 Å². The first-order chi connectivity index (χ1) is 10.9. The molecule has 7 nitrogen and oxygen atoms in total. The number of carbonyl (C=O) groups is 1. The van der Waals surface area contributed by atoms with E-state index in [0.29, 0.717) is 19.5 Å². The molecule has 1 heterocycles. The van der Waals surface area contributed by atoms with Gasteiger partial charge < -0.3 is 20.3 Å². The van der Waals surface area contributed by atoms with Crippen molar-refractivity contribution >= 4 is 35.8 Å². The van der Waals surface area contributed by atoms with Gasteiger partial charge in [0.2, 0.25) is 5.91 Å². The molecule has 0 aliphatic carbocycles. The van der Waals surface area contributed by atoms with Gasteiger partial charge in [-0.05, 0) is 20.8 Å². The fourth-order valence-electron chi connectivity index (χ4n) is 2.39. The quantitative estimate of drug-likeness (QED) is 0.337. The highest BCUT2D eigenvalue weighted by Gasteiger charge is 2.28. The molecule has 1 fully saturated rings. The summed E-state index contributed by atoms with van der Waals surface area (Å²) in [6, 6.07) is 0. The fraction of sp³-hybridized carbons (Fsp3) is 0.875. The third-order valence-corrected chi connectivity index (χ3v) is 3.97. The summed E-state index contributed by atoms with van der Waals surface area (Å²) in [5.74, 6) is 0.877. The lowest BCUT2D eigenvalue weighted by Crippen LogP contribution is -2.52. The first-order valence-corrected chi connectivity index (χ1v) is 8.42. The van der Waals surface area contributed by atoms with Gasteiger partial charge in [-0.15, -0.1) is 24.0 Å². The Morgan fingerprint density at radius 3 is 2.42 bits per heavy atom. The molecule has 8 heteroatoms. The van der Waals surface area contributed by atoms with Gasteiger partial charge >= 0.3 is 0 Å². The summed E-state index contributed by atoms with van der Waals surface area (Å²) in [6.45, 7) is 12.0. The van der Waals surface area contributed by atoms with Gasteiger partial charge in [-0.25, -0.2) is 0 Å². The van der Waals surface area contributed by atoms with Gasteiger partial charge in [0.1, 0.15) is 0 Å². The van der Waals surface area contributed by atoms with Crippen LogP contribution in [0.25, 0.3) is 0 Å². The van der Waals surface area contributed by atoms with Crippen molar-refractivity contribution in [3.05, 3.63) is 0 Å². The van der Waals surface area contributed by atoms with Crippen LogP contribution in [0.5, 0.6) is 0 Å². The monoisotopic (exact) mass is 455 g/mol. The van der Waals surface area contributed by atoms with Crippen molar-refractivity contribution in [1.29, 1.82) is 0 Å². The third kappa shape index (κ3) is 8.48. The molecule has 0 spiro atoms. The second kappa shape index (κ2) is 11.9. The fourth-order valence-corrected chi connectivity index (χ4v) is 2.39. The number of halogens is 1. The summed E-state index contributed by atoms with van der Waals surface area (Å²) >= 11 is 0. The van der Waals surface area contributed by atoms with Crippen LogP contribution >= 0.6 is 24.0 Å². The minimum absolute atomic E-state index is 0. The van der Waals surface area contributed by atoms with Crippen LogP contribution in [0, 0.1) is 0 Å². The van der Waals surface area contributed by atoms with Gasteiger partial charge in [0, 0.05) is 52.2 Å². The highest BCUT2D eigenvalue weighted by atomic mass is 127. The van der Waals surface area contributed by atoms with Gasteiger partial charge in [-0.3, -0.25) is 14.7 Å². The van der Waals surface area contributed by atoms with E-state index in [1.165, 1.54) is 0 Å². The Morgan fingerprint density at radius 2 is 1.88 bits per heavy atom. The smallest absolute Gasteiger partial charge is 0.223 e. The maximum Gasteiger partial charge on any atom is 0.223 e. The van der Waals surface area contributed by atoms with Gasteiger partial charge in [-0.2, -0.15) is 0 Å². The van der Waals surface area contributed by atoms with Crippen LogP contribution in [0.3, 0.4) is 0 Å². The second-order valence-corrected chi connectivity index (χ2v) is 6.57. The van der Waals surface area contributed by atoms with E-state index < -0.39 is 0 Å². The summed E-state index contributed by atoms with van der Waals surface area (Å²) in [7, 11) is 3.54. The lowest BCUT2D eigenvalue weighted by Gasteiger charge is -2.39. The molecule has 2 N–H and O–H groups in total. The number of hydrogen-bond acceptors (Lipinski definition) is 4. The maximum absolute atomic E-state index is 11.6. The van der Waals surface area contributed by atoms with Crippen molar-refractivity contribution in [3.8, 4) is 0 Å². The number of nitrogens with zero attached hydrogens (tertiary/aromatic N) is 3. The average molecular weight is 455 g/mol. The molecule has 142 valence electrons. The standard InChI is InChI=1S/C16H33N5O2.HI/c1-6-17-15(18-8-7-14(22)20(4)5)19-13-16(2,3)21-9-11-23-12-10-21;/h6-13H2,1-5H3,(H2,17,18,19);1H.